The van der Waals surface area contributed by atoms with Gasteiger partial charge in [-0.3, -0.25) is 0 Å². The molecule has 3 aromatic carbocycles. The number of benzene rings is 3. The van der Waals surface area contributed by atoms with Crippen LogP contribution in [0.4, 0.5) is 0 Å². The Hall–Kier alpha value is -2.64. The van der Waals surface area contributed by atoms with E-state index in [1.165, 1.54) is 43.4 Å². The zero-order valence-corrected chi connectivity index (χ0v) is 23.6. The van der Waals surface area contributed by atoms with Crippen molar-refractivity contribution in [2.24, 2.45) is 0 Å². The first kappa shape index (κ1) is 25.4. The Morgan fingerprint density at radius 2 is 0.971 bits per heavy atom. The SMILES string of the molecule is CCC1=C[C]([Si](c2cccc(C(C)C)c2)(c2cccc(C(C)C)c2)c2cccc(C(C)C)c2)C=C1. The highest BCUT2D eigenvalue weighted by atomic mass is 28.3. The van der Waals surface area contributed by atoms with Crippen molar-refractivity contribution in [2.75, 3.05) is 0 Å². The molecule has 1 radical (unpaired) electrons. The minimum absolute atomic E-state index is 0.497. The van der Waals surface area contributed by atoms with Gasteiger partial charge in [0.1, 0.15) is 0 Å². The molecule has 0 N–H and O–H groups in total. The van der Waals surface area contributed by atoms with Crippen LogP contribution in [-0.2, 0) is 0 Å². The predicted molar refractivity (Wildman–Crippen MR) is 157 cm³/mol. The molecule has 0 aliphatic heterocycles. The lowest BCUT2D eigenvalue weighted by Gasteiger charge is -2.38. The summed E-state index contributed by atoms with van der Waals surface area (Å²) in [4.78, 5) is 0. The molecule has 0 amide bonds. The number of hydrogen-bond acceptors (Lipinski definition) is 0. The van der Waals surface area contributed by atoms with Crippen molar-refractivity contribution in [3.05, 3.63) is 119 Å². The van der Waals surface area contributed by atoms with E-state index in [0.29, 0.717) is 17.8 Å². The molecule has 0 saturated heterocycles. The van der Waals surface area contributed by atoms with Crippen molar-refractivity contribution in [3.63, 3.8) is 0 Å². The third-order valence-electron chi connectivity index (χ3n) is 7.62. The quantitative estimate of drug-likeness (QED) is 0.232. The standard InChI is InChI=1S/C34H41Si/c1-8-27-18-19-34(20-27)35(31-15-9-12-28(21-31)24(2)3,32-16-10-13-29(22-32)25(4)5)33-17-11-14-30(23-33)26(6)7/h9-26H,8H2,1-7H3. The maximum atomic E-state index is 2.51. The van der Waals surface area contributed by atoms with E-state index in [2.05, 4.69) is 139 Å². The molecule has 0 aromatic heterocycles. The van der Waals surface area contributed by atoms with E-state index >= 15 is 0 Å². The Bertz CT molecular complexity index is 1100. The van der Waals surface area contributed by atoms with Crippen LogP contribution in [0.15, 0.2) is 96.6 Å². The van der Waals surface area contributed by atoms with Crippen LogP contribution in [0, 0.1) is 5.54 Å². The molecule has 3 aromatic rings. The Morgan fingerprint density at radius 1 is 0.571 bits per heavy atom. The fraction of sp³-hybridized carbons (Fsp3) is 0.324. The van der Waals surface area contributed by atoms with Gasteiger partial charge >= 0.3 is 0 Å². The average molecular weight is 478 g/mol. The molecule has 1 aliphatic rings. The topological polar surface area (TPSA) is 0 Å². The summed E-state index contributed by atoms with van der Waals surface area (Å²) in [5, 5.41) is 4.45. The zero-order chi connectivity index (χ0) is 25.2. The van der Waals surface area contributed by atoms with E-state index in [0.717, 1.165) is 6.42 Å². The molecule has 0 nitrogen and oxygen atoms in total. The first-order chi connectivity index (χ1) is 16.8. The van der Waals surface area contributed by atoms with Crippen molar-refractivity contribution >= 4 is 23.6 Å². The maximum absolute atomic E-state index is 2.53. The normalized spacial score (nSPS) is 14.4. The van der Waals surface area contributed by atoms with Crippen molar-refractivity contribution in [2.45, 2.75) is 72.6 Å². The van der Waals surface area contributed by atoms with Gasteiger partial charge in [0.15, 0.2) is 8.07 Å². The van der Waals surface area contributed by atoms with Gasteiger partial charge in [0.25, 0.3) is 0 Å². The predicted octanol–water partition coefficient (Wildman–Crippen LogP) is 7.55. The highest BCUT2D eigenvalue weighted by Gasteiger charge is 2.46. The van der Waals surface area contributed by atoms with Gasteiger partial charge in [-0.05, 0) is 56.4 Å². The van der Waals surface area contributed by atoms with Crippen LogP contribution in [-0.4, -0.2) is 8.07 Å². The summed E-state index contributed by atoms with van der Waals surface area (Å²) in [5.74, 6) is 1.49. The van der Waals surface area contributed by atoms with Crippen molar-refractivity contribution < 1.29 is 0 Å². The molecule has 4 rings (SSSR count). The molecule has 0 atom stereocenters. The molecule has 0 fully saturated rings. The van der Waals surface area contributed by atoms with Crippen LogP contribution in [0.2, 0.25) is 0 Å². The average Bonchev–Trinajstić information content (AvgIpc) is 3.34. The van der Waals surface area contributed by atoms with Gasteiger partial charge in [-0.1, -0.05) is 145 Å². The van der Waals surface area contributed by atoms with Crippen LogP contribution < -0.4 is 15.6 Å². The molecule has 0 spiro atoms. The second kappa shape index (κ2) is 10.5. The molecular weight excluding hydrogens is 436 g/mol. The lowest BCUT2D eigenvalue weighted by Crippen LogP contribution is -2.70. The Labute approximate surface area is 214 Å². The lowest BCUT2D eigenvalue weighted by atomic mass is 10.0. The summed E-state index contributed by atoms with van der Waals surface area (Å²) >= 11 is 0. The van der Waals surface area contributed by atoms with E-state index in [1.54, 1.807) is 0 Å². The minimum atomic E-state index is -2.53. The van der Waals surface area contributed by atoms with Crippen LogP contribution >= 0.6 is 0 Å². The summed E-state index contributed by atoms with van der Waals surface area (Å²) in [6.07, 6.45) is 8.34. The van der Waals surface area contributed by atoms with Gasteiger partial charge in [0, 0.05) is 5.54 Å². The van der Waals surface area contributed by atoms with Crippen molar-refractivity contribution in [1.82, 2.24) is 0 Å². The van der Waals surface area contributed by atoms with Crippen LogP contribution in [0.1, 0.15) is 89.3 Å². The number of rotatable bonds is 8. The smallest absolute Gasteiger partial charge is 0.0750 e. The van der Waals surface area contributed by atoms with Gasteiger partial charge in [0.2, 0.25) is 0 Å². The third kappa shape index (κ3) is 4.89. The fourth-order valence-corrected chi connectivity index (χ4v) is 10.3. The van der Waals surface area contributed by atoms with Gasteiger partial charge in [-0.25, -0.2) is 0 Å². The van der Waals surface area contributed by atoms with E-state index in [-0.39, 0.29) is 0 Å². The number of allylic oxidation sites excluding steroid dienone is 4. The largest absolute Gasteiger partial charge is 0.162 e. The van der Waals surface area contributed by atoms with E-state index in [4.69, 9.17) is 0 Å². The molecule has 0 unspecified atom stereocenters. The second-order valence-corrected chi connectivity index (χ2v) is 14.8. The van der Waals surface area contributed by atoms with Crippen LogP contribution in [0.5, 0.6) is 0 Å². The summed E-state index contributed by atoms with van der Waals surface area (Å²) in [5.41, 5.74) is 7.18. The molecular formula is C34H41Si. The Morgan fingerprint density at radius 3 is 1.29 bits per heavy atom. The molecule has 0 saturated carbocycles. The van der Waals surface area contributed by atoms with E-state index in [1.807, 2.05) is 0 Å². The molecule has 0 heterocycles. The van der Waals surface area contributed by atoms with Crippen LogP contribution in [0.3, 0.4) is 0 Å². The van der Waals surface area contributed by atoms with Gasteiger partial charge in [-0.2, -0.15) is 0 Å². The molecule has 0 bridgehead atoms. The van der Waals surface area contributed by atoms with E-state index in [9.17, 15) is 0 Å². The minimum Gasteiger partial charge on any atom is -0.0750 e. The first-order valence-corrected chi connectivity index (χ1v) is 15.3. The fourth-order valence-electron chi connectivity index (χ4n) is 5.34. The summed E-state index contributed by atoms with van der Waals surface area (Å²) < 4.78 is 0. The third-order valence-corrected chi connectivity index (χ3v) is 12.3. The Kier molecular flexibility index (Phi) is 7.67. The lowest BCUT2D eigenvalue weighted by molar-refractivity contribution is 0.867. The molecule has 35 heavy (non-hydrogen) atoms. The molecule has 1 heteroatoms. The monoisotopic (exact) mass is 477 g/mol. The first-order valence-electron chi connectivity index (χ1n) is 13.3. The van der Waals surface area contributed by atoms with E-state index < -0.39 is 8.07 Å². The summed E-state index contributed by atoms with van der Waals surface area (Å²) in [6.45, 7) is 16.1. The summed E-state index contributed by atoms with van der Waals surface area (Å²) in [7, 11) is -2.53. The van der Waals surface area contributed by atoms with Crippen LogP contribution in [0.25, 0.3) is 0 Å². The van der Waals surface area contributed by atoms with Gasteiger partial charge in [-0.15, -0.1) is 0 Å². The summed E-state index contributed by atoms with van der Waals surface area (Å²) in [6, 6.07) is 28.5. The van der Waals surface area contributed by atoms with Gasteiger partial charge < -0.3 is 0 Å². The zero-order valence-electron chi connectivity index (χ0n) is 22.6. The molecule has 181 valence electrons. The Balaban J connectivity index is 2.12. The second-order valence-electron chi connectivity index (χ2n) is 11.0. The van der Waals surface area contributed by atoms with Crippen molar-refractivity contribution in [1.29, 1.82) is 0 Å². The maximum Gasteiger partial charge on any atom is 0.162 e. The molecule has 1 aliphatic carbocycles. The highest BCUT2D eigenvalue weighted by Crippen LogP contribution is 2.31. The van der Waals surface area contributed by atoms with Gasteiger partial charge in [0.05, 0.1) is 0 Å². The number of hydrogen-bond donors (Lipinski definition) is 0. The highest BCUT2D eigenvalue weighted by molar-refractivity contribution is 7.15. The van der Waals surface area contributed by atoms with Crippen molar-refractivity contribution in [3.8, 4) is 0 Å².